The Hall–Kier alpha value is -5.22. The number of anilines is 1. The number of amides is 2. The molecule has 0 spiro atoms. The van der Waals surface area contributed by atoms with Crippen LogP contribution in [0.25, 0.3) is 5.69 Å². The first-order valence-electron chi connectivity index (χ1n) is 15.1. The number of alkyl carbamates (subject to hydrolysis) is 1. The van der Waals surface area contributed by atoms with E-state index in [1.165, 1.54) is 30.3 Å². The smallest absolute Gasteiger partial charge is 0.435 e. The van der Waals surface area contributed by atoms with Gasteiger partial charge in [0.2, 0.25) is 0 Å². The molecule has 1 heterocycles. The summed E-state index contributed by atoms with van der Waals surface area (Å²) in [6, 6.07) is 19.4. The molecular weight excluding hydrogens is 630 g/mol. The van der Waals surface area contributed by atoms with E-state index in [1.807, 2.05) is 0 Å². The Kier molecular flexibility index (Phi) is 9.86. The van der Waals surface area contributed by atoms with Gasteiger partial charge in [-0.05, 0) is 92.6 Å². The Morgan fingerprint density at radius 3 is 2.44 bits per heavy atom. The van der Waals surface area contributed by atoms with Crippen molar-refractivity contribution in [3.05, 3.63) is 112 Å². The summed E-state index contributed by atoms with van der Waals surface area (Å²) in [5.41, 5.74) is -0.671. The second-order valence-corrected chi connectivity index (χ2v) is 12.5. The minimum atomic E-state index is -4.89. The first-order valence-corrected chi connectivity index (χ1v) is 15.1. The number of aromatic nitrogens is 2. The fraction of sp³-hybridized carbons (Fsp3) is 0.314. The fourth-order valence-corrected chi connectivity index (χ4v) is 4.81. The third kappa shape index (κ3) is 8.77. The predicted molar refractivity (Wildman–Crippen MR) is 168 cm³/mol. The van der Waals surface area contributed by atoms with Gasteiger partial charge in [-0.3, -0.25) is 4.79 Å². The quantitative estimate of drug-likeness (QED) is 0.168. The highest BCUT2D eigenvalue weighted by Crippen LogP contribution is 2.35. The van der Waals surface area contributed by atoms with Crippen LogP contribution in [-0.4, -0.2) is 33.9 Å². The highest BCUT2D eigenvalue weighted by Gasteiger charge is 2.36. The summed E-state index contributed by atoms with van der Waals surface area (Å²) in [7, 11) is 0. The van der Waals surface area contributed by atoms with Crippen LogP contribution in [-0.2, 0) is 22.3 Å². The standard InChI is InChI=1S/C35H33F4N5O4/c1-34(2,3)42-33(46)48-20-23-7-5-9-26(15-23)44-29(17-30(43-44)35(37,38)39)32(45)41-28-16-25(12-13-27(28)36)31(47-19-21-10-11-21)24-8-4-6-22(14-24)18-40/h4-9,12-17,21,31H,10-11,19-20H2,1-3H3,(H,41,45)(H,42,46). The molecule has 1 atom stereocenters. The molecule has 1 aliphatic carbocycles. The summed E-state index contributed by atoms with van der Waals surface area (Å²) in [6.45, 7) is 5.55. The van der Waals surface area contributed by atoms with Crippen LogP contribution in [0, 0.1) is 23.1 Å². The highest BCUT2D eigenvalue weighted by molar-refractivity contribution is 6.03. The molecule has 5 rings (SSSR count). The molecule has 0 saturated heterocycles. The Labute approximate surface area is 274 Å². The molecule has 4 aromatic rings. The molecule has 250 valence electrons. The number of nitriles is 1. The van der Waals surface area contributed by atoms with Crippen LogP contribution in [0.4, 0.5) is 28.0 Å². The van der Waals surface area contributed by atoms with E-state index in [0.717, 1.165) is 23.6 Å². The number of halogens is 4. The normalized spacial score (nSPS) is 13.8. The number of carbonyl (C=O) groups is 2. The van der Waals surface area contributed by atoms with Crippen molar-refractivity contribution in [3.8, 4) is 11.8 Å². The molecule has 0 bridgehead atoms. The van der Waals surface area contributed by atoms with Crippen LogP contribution < -0.4 is 10.6 Å². The van der Waals surface area contributed by atoms with Crippen LogP contribution in [0.1, 0.15) is 78.2 Å². The maximum Gasteiger partial charge on any atom is 0.435 e. The lowest BCUT2D eigenvalue weighted by molar-refractivity contribution is -0.141. The van der Waals surface area contributed by atoms with E-state index in [9.17, 15) is 28.0 Å². The molecule has 2 amide bonds. The second-order valence-electron chi connectivity index (χ2n) is 12.5. The van der Waals surface area contributed by atoms with Crippen molar-refractivity contribution in [2.45, 2.75) is 58.0 Å². The number of benzene rings is 3. The third-order valence-electron chi connectivity index (χ3n) is 7.29. The lowest BCUT2D eigenvalue weighted by Gasteiger charge is -2.20. The molecular formula is C35H33F4N5O4. The number of alkyl halides is 3. The third-order valence-corrected chi connectivity index (χ3v) is 7.29. The number of hydrogen-bond donors (Lipinski definition) is 2. The van der Waals surface area contributed by atoms with Crippen LogP contribution >= 0.6 is 0 Å². The Morgan fingerprint density at radius 1 is 1.02 bits per heavy atom. The number of carbonyl (C=O) groups excluding carboxylic acids is 2. The van der Waals surface area contributed by atoms with E-state index in [1.54, 1.807) is 51.1 Å². The fourth-order valence-electron chi connectivity index (χ4n) is 4.81. The molecule has 1 aliphatic rings. The molecule has 0 aliphatic heterocycles. The summed E-state index contributed by atoms with van der Waals surface area (Å²) >= 11 is 0. The van der Waals surface area contributed by atoms with Crippen molar-refractivity contribution in [3.63, 3.8) is 0 Å². The Bertz CT molecular complexity index is 1850. The van der Waals surface area contributed by atoms with E-state index in [-0.39, 0.29) is 18.0 Å². The van der Waals surface area contributed by atoms with Gasteiger partial charge in [0.1, 0.15) is 24.2 Å². The molecule has 48 heavy (non-hydrogen) atoms. The largest absolute Gasteiger partial charge is 0.445 e. The maximum absolute atomic E-state index is 15.1. The monoisotopic (exact) mass is 663 g/mol. The molecule has 3 aromatic carbocycles. The van der Waals surface area contributed by atoms with Crippen molar-refractivity contribution in [1.82, 2.24) is 15.1 Å². The van der Waals surface area contributed by atoms with Gasteiger partial charge < -0.3 is 20.1 Å². The summed E-state index contributed by atoms with van der Waals surface area (Å²) < 4.78 is 68.7. The lowest BCUT2D eigenvalue weighted by Crippen LogP contribution is -2.40. The van der Waals surface area contributed by atoms with E-state index in [0.29, 0.717) is 40.8 Å². The topological polar surface area (TPSA) is 118 Å². The highest BCUT2D eigenvalue weighted by atomic mass is 19.4. The minimum Gasteiger partial charge on any atom is -0.445 e. The van der Waals surface area contributed by atoms with Gasteiger partial charge in [-0.15, -0.1) is 0 Å². The van der Waals surface area contributed by atoms with Crippen LogP contribution in [0.15, 0.2) is 72.8 Å². The van der Waals surface area contributed by atoms with Crippen molar-refractivity contribution in [2.75, 3.05) is 11.9 Å². The van der Waals surface area contributed by atoms with E-state index in [2.05, 4.69) is 21.8 Å². The van der Waals surface area contributed by atoms with E-state index in [4.69, 9.17) is 9.47 Å². The zero-order chi connectivity index (χ0) is 34.6. The van der Waals surface area contributed by atoms with Crippen molar-refractivity contribution < 1.29 is 36.6 Å². The van der Waals surface area contributed by atoms with Gasteiger partial charge in [-0.2, -0.15) is 23.5 Å². The second kappa shape index (κ2) is 13.9. The predicted octanol–water partition coefficient (Wildman–Crippen LogP) is 7.69. The molecule has 2 N–H and O–H groups in total. The maximum atomic E-state index is 15.1. The van der Waals surface area contributed by atoms with Gasteiger partial charge in [0.25, 0.3) is 5.91 Å². The van der Waals surface area contributed by atoms with Gasteiger partial charge >= 0.3 is 12.3 Å². The summed E-state index contributed by atoms with van der Waals surface area (Å²) in [5, 5.41) is 18.1. The number of nitrogens with zero attached hydrogens (tertiary/aromatic N) is 3. The number of rotatable bonds is 10. The van der Waals surface area contributed by atoms with Crippen molar-refractivity contribution in [2.24, 2.45) is 5.92 Å². The lowest BCUT2D eigenvalue weighted by atomic mass is 9.99. The molecule has 9 nitrogen and oxygen atoms in total. The van der Waals surface area contributed by atoms with Crippen molar-refractivity contribution in [1.29, 1.82) is 5.26 Å². The van der Waals surface area contributed by atoms with Crippen LogP contribution in [0.5, 0.6) is 0 Å². The number of nitrogens with one attached hydrogen (secondary N) is 2. The van der Waals surface area contributed by atoms with Gasteiger partial charge in [0.05, 0.1) is 29.6 Å². The average molecular weight is 664 g/mol. The zero-order valence-electron chi connectivity index (χ0n) is 26.4. The van der Waals surface area contributed by atoms with E-state index < -0.39 is 47.0 Å². The number of hydrogen-bond acceptors (Lipinski definition) is 6. The molecule has 1 aromatic heterocycles. The summed E-state index contributed by atoms with van der Waals surface area (Å²) in [6.07, 6.45) is -4.24. The van der Waals surface area contributed by atoms with Gasteiger partial charge in [0, 0.05) is 11.6 Å². The first-order chi connectivity index (χ1) is 22.7. The molecule has 0 radical (unpaired) electrons. The SMILES string of the molecule is CC(C)(C)NC(=O)OCc1cccc(-n2nc(C(F)(F)F)cc2C(=O)Nc2cc(C(OCC3CC3)c3cccc(C#N)c3)ccc2F)c1. The Morgan fingerprint density at radius 2 is 1.75 bits per heavy atom. The van der Waals surface area contributed by atoms with E-state index >= 15 is 4.39 Å². The molecule has 1 unspecified atom stereocenters. The van der Waals surface area contributed by atoms with Crippen molar-refractivity contribution >= 4 is 17.7 Å². The average Bonchev–Trinajstić information content (AvgIpc) is 3.74. The number of ether oxygens (including phenoxy) is 2. The van der Waals surface area contributed by atoms with Crippen LogP contribution in [0.2, 0.25) is 0 Å². The summed E-state index contributed by atoms with van der Waals surface area (Å²) in [4.78, 5) is 25.6. The van der Waals surface area contributed by atoms with Gasteiger partial charge in [-0.1, -0.05) is 30.3 Å². The van der Waals surface area contributed by atoms with Gasteiger partial charge in [0.15, 0.2) is 5.69 Å². The Balaban J connectivity index is 1.44. The zero-order valence-corrected chi connectivity index (χ0v) is 26.4. The molecule has 1 saturated carbocycles. The molecule has 13 heteroatoms. The molecule has 1 fully saturated rings. The van der Waals surface area contributed by atoms with Crippen LogP contribution in [0.3, 0.4) is 0 Å². The first kappa shape index (κ1) is 34.1. The minimum absolute atomic E-state index is 0.0770. The van der Waals surface area contributed by atoms with Gasteiger partial charge in [-0.25, -0.2) is 13.9 Å². The summed E-state index contributed by atoms with van der Waals surface area (Å²) in [5.74, 6) is -1.49.